The van der Waals surface area contributed by atoms with Gasteiger partial charge in [0.15, 0.2) is 5.16 Å². The molecule has 0 saturated heterocycles. The van der Waals surface area contributed by atoms with Gasteiger partial charge in [-0.25, -0.2) is 4.98 Å². The van der Waals surface area contributed by atoms with Gasteiger partial charge < -0.3 is 10.3 Å². The number of rotatable bonds is 4. The number of primary amides is 1. The van der Waals surface area contributed by atoms with Crippen LogP contribution in [0.5, 0.6) is 0 Å². The predicted molar refractivity (Wildman–Crippen MR) is 67.4 cm³/mol. The van der Waals surface area contributed by atoms with Crippen LogP contribution in [0.3, 0.4) is 0 Å². The molecule has 0 radical (unpaired) electrons. The first-order valence-electron chi connectivity index (χ1n) is 5.16. The lowest BCUT2D eigenvalue weighted by Crippen LogP contribution is -2.19. The van der Waals surface area contributed by atoms with Crippen LogP contribution >= 0.6 is 11.8 Å². The van der Waals surface area contributed by atoms with Crippen molar-refractivity contribution in [3.63, 3.8) is 0 Å². The molecule has 17 heavy (non-hydrogen) atoms. The van der Waals surface area contributed by atoms with E-state index in [2.05, 4.69) is 4.98 Å². The van der Waals surface area contributed by atoms with Crippen LogP contribution in [0.1, 0.15) is 10.8 Å². The van der Waals surface area contributed by atoms with Gasteiger partial charge >= 0.3 is 0 Å². The number of aryl methyl sites for hydroxylation is 1. The van der Waals surface area contributed by atoms with Gasteiger partial charge in [0.1, 0.15) is 5.25 Å². The van der Waals surface area contributed by atoms with Gasteiger partial charge in [0.25, 0.3) is 0 Å². The van der Waals surface area contributed by atoms with E-state index in [0.717, 1.165) is 10.7 Å². The molecule has 2 N–H and O–H groups in total. The Labute approximate surface area is 104 Å². The number of aromatic nitrogens is 2. The van der Waals surface area contributed by atoms with E-state index in [-0.39, 0.29) is 5.91 Å². The molecular formula is C12H13N3OS. The van der Waals surface area contributed by atoms with Gasteiger partial charge in [-0.2, -0.15) is 0 Å². The first-order valence-corrected chi connectivity index (χ1v) is 6.04. The van der Waals surface area contributed by atoms with Crippen molar-refractivity contribution in [2.75, 3.05) is 0 Å². The van der Waals surface area contributed by atoms with Crippen molar-refractivity contribution in [2.45, 2.75) is 10.4 Å². The summed E-state index contributed by atoms with van der Waals surface area (Å²) in [5.74, 6) is -0.357. The van der Waals surface area contributed by atoms with E-state index >= 15 is 0 Å². The van der Waals surface area contributed by atoms with Crippen LogP contribution in [0.2, 0.25) is 0 Å². The second-order valence-corrected chi connectivity index (χ2v) is 4.70. The van der Waals surface area contributed by atoms with Gasteiger partial charge in [0, 0.05) is 19.4 Å². The molecule has 0 fully saturated rings. The van der Waals surface area contributed by atoms with E-state index in [0.29, 0.717) is 0 Å². The summed E-state index contributed by atoms with van der Waals surface area (Å²) in [6.45, 7) is 0. The van der Waals surface area contributed by atoms with Crippen LogP contribution in [-0.4, -0.2) is 15.5 Å². The van der Waals surface area contributed by atoms with Gasteiger partial charge in [-0.05, 0) is 5.56 Å². The standard InChI is InChI=1S/C12H13N3OS/c1-15-8-7-14-12(15)17-10(11(13)16)9-5-3-2-4-6-9/h2-8,10H,1H3,(H2,13,16). The number of carbonyl (C=O) groups is 1. The summed E-state index contributed by atoms with van der Waals surface area (Å²) in [5, 5.41) is 0.370. The molecule has 1 amide bonds. The Hall–Kier alpha value is -1.75. The summed E-state index contributed by atoms with van der Waals surface area (Å²) in [6, 6.07) is 9.48. The highest BCUT2D eigenvalue weighted by Gasteiger charge is 2.20. The number of amides is 1. The van der Waals surface area contributed by atoms with E-state index in [1.807, 2.05) is 48.1 Å². The third-order valence-electron chi connectivity index (χ3n) is 2.36. The highest BCUT2D eigenvalue weighted by atomic mass is 32.2. The lowest BCUT2D eigenvalue weighted by atomic mass is 10.1. The highest BCUT2D eigenvalue weighted by molar-refractivity contribution is 8.00. The molecular weight excluding hydrogens is 234 g/mol. The Morgan fingerprint density at radius 2 is 2.12 bits per heavy atom. The molecule has 0 aliphatic heterocycles. The lowest BCUT2D eigenvalue weighted by Gasteiger charge is -2.12. The minimum atomic E-state index is -0.405. The first-order chi connectivity index (χ1) is 8.18. The smallest absolute Gasteiger partial charge is 0.235 e. The summed E-state index contributed by atoms with van der Waals surface area (Å²) < 4.78 is 1.86. The molecule has 1 aromatic carbocycles. The topological polar surface area (TPSA) is 60.9 Å². The van der Waals surface area contributed by atoms with Crippen molar-refractivity contribution in [2.24, 2.45) is 12.8 Å². The van der Waals surface area contributed by atoms with Crippen molar-refractivity contribution in [1.82, 2.24) is 9.55 Å². The molecule has 0 bridgehead atoms. The van der Waals surface area contributed by atoms with Crippen LogP contribution in [0, 0.1) is 0 Å². The number of nitrogens with zero attached hydrogens (tertiary/aromatic N) is 2. The number of carbonyl (C=O) groups excluding carboxylic acids is 1. The molecule has 1 aromatic heterocycles. The highest BCUT2D eigenvalue weighted by Crippen LogP contribution is 2.33. The largest absolute Gasteiger partial charge is 0.368 e. The molecule has 0 aliphatic carbocycles. The second kappa shape index (κ2) is 5.05. The van der Waals surface area contributed by atoms with Crippen LogP contribution < -0.4 is 5.73 Å². The number of nitrogens with two attached hydrogens (primary N) is 1. The lowest BCUT2D eigenvalue weighted by molar-refractivity contribution is -0.117. The normalized spacial score (nSPS) is 12.3. The zero-order chi connectivity index (χ0) is 12.3. The number of benzene rings is 1. The molecule has 2 aromatic rings. The average molecular weight is 247 g/mol. The fraction of sp³-hybridized carbons (Fsp3) is 0.167. The fourth-order valence-electron chi connectivity index (χ4n) is 1.49. The van der Waals surface area contributed by atoms with Gasteiger partial charge in [-0.15, -0.1) is 0 Å². The van der Waals surface area contributed by atoms with Crippen LogP contribution in [-0.2, 0) is 11.8 Å². The average Bonchev–Trinajstić information content (AvgIpc) is 2.72. The van der Waals surface area contributed by atoms with Crippen LogP contribution in [0.4, 0.5) is 0 Å². The van der Waals surface area contributed by atoms with Crippen LogP contribution in [0.15, 0.2) is 47.9 Å². The molecule has 88 valence electrons. The number of imidazole rings is 1. The molecule has 1 heterocycles. The van der Waals surface area contributed by atoms with Gasteiger partial charge in [0.2, 0.25) is 5.91 Å². The van der Waals surface area contributed by atoms with E-state index in [1.54, 1.807) is 6.20 Å². The summed E-state index contributed by atoms with van der Waals surface area (Å²) in [5.41, 5.74) is 6.33. The molecule has 0 aliphatic rings. The van der Waals surface area contributed by atoms with Crippen molar-refractivity contribution in [3.05, 3.63) is 48.3 Å². The maximum Gasteiger partial charge on any atom is 0.235 e. The summed E-state index contributed by atoms with van der Waals surface area (Å²) in [4.78, 5) is 15.7. The van der Waals surface area contributed by atoms with Gasteiger partial charge in [-0.1, -0.05) is 42.1 Å². The fourth-order valence-corrected chi connectivity index (χ4v) is 2.46. The molecule has 2 rings (SSSR count). The third-order valence-corrected chi connectivity index (χ3v) is 3.71. The first kappa shape index (κ1) is 11.7. The Balaban J connectivity index is 2.26. The van der Waals surface area contributed by atoms with Crippen molar-refractivity contribution >= 4 is 17.7 Å². The van der Waals surface area contributed by atoms with E-state index in [9.17, 15) is 4.79 Å². The SMILES string of the molecule is Cn1ccnc1SC(C(N)=O)c1ccccc1. The van der Waals surface area contributed by atoms with E-state index in [1.165, 1.54) is 11.8 Å². The zero-order valence-corrected chi connectivity index (χ0v) is 10.2. The Kier molecular flexibility index (Phi) is 3.49. The maximum absolute atomic E-state index is 11.5. The molecule has 5 heteroatoms. The van der Waals surface area contributed by atoms with Crippen molar-refractivity contribution in [3.8, 4) is 0 Å². The van der Waals surface area contributed by atoms with Gasteiger partial charge in [0.05, 0.1) is 0 Å². The molecule has 1 unspecified atom stereocenters. The molecule has 4 nitrogen and oxygen atoms in total. The Bertz CT molecular complexity index is 509. The van der Waals surface area contributed by atoms with E-state index < -0.39 is 5.25 Å². The quantitative estimate of drug-likeness (QED) is 0.837. The van der Waals surface area contributed by atoms with E-state index in [4.69, 9.17) is 5.73 Å². The molecule has 0 spiro atoms. The maximum atomic E-state index is 11.5. The second-order valence-electron chi connectivity index (χ2n) is 3.63. The number of hydrogen-bond acceptors (Lipinski definition) is 3. The minimum Gasteiger partial charge on any atom is -0.368 e. The molecule has 1 atom stereocenters. The Morgan fingerprint density at radius 1 is 1.41 bits per heavy atom. The van der Waals surface area contributed by atoms with Crippen molar-refractivity contribution in [1.29, 1.82) is 0 Å². The van der Waals surface area contributed by atoms with Crippen molar-refractivity contribution < 1.29 is 4.79 Å². The number of hydrogen-bond donors (Lipinski definition) is 1. The zero-order valence-electron chi connectivity index (χ0n) is 9.41. The minimum absolute atomic E-state index is 0.357. The summed E-state index contributed by atoms with van der Waals surface area (Å²) in [6.07, 6.45) is 3.54. The predicted octanol–water partition coefficient (Wildman–Crippen LogP) is 1.74. The summed E-state index contributed by atoms with van der Waals surface area (Å²) in [7, 11) is 1.89. The molecule has 0 saturated carbocycles. The Morgan fingerprint density at radius 3 is 2.65 bits per heavy atom. The number of thioether (sulfide) groups is 1. The monoisotopic (exact) mass is 247 g/mol. The summed E-state index contributed by atoms with van der Waals surface area (Å²) >= 11 is 1.36. The third kappa shape index (κ3) is 2.68. The van der Waals surface area contributed by atoms with Crippen LogP contribution in [0.25, 0.3) is 0 Å². The van der Waals surface area contributed by atoms with Gasteiger partial charge in [-0.3, -0.25) is 4.79 Å².